The van der Waals surface area contributed by atoms with E-state index >= 15 is 0 Å². The second-order valence-corrected chi connectivity index (χ2v) is 6.29. The van der Waals surface area contributed by atoms with Crippen molar-refractivity contribution in [3.8, 4) is 0 Å². The predicted octanol–water partition coefficient (Wildman–Crippen LogP) is 1.94. The van der Waals surface area contributed by atoms with E-state index in [0.717, 1.165) is 23.8 Å². The van der Waals surface area contributed by atoms with Gasteiger partial charge >= 0.3 is 6.03 Å². The van der Waals surface area contributed by atoms with Crippen LogP contribution >= 0.6 is 0 Å². The lowest BCUT2D eigenvalue weighted by Crippen LogP contribution is -2.48. The molecule has 24 heavy (non-hydrogen) atoms. The Labute approximate surface area is 141 Å². The monoisotopic (exact) mass is 329 g/mol. The van der Waals surface area contributed by atoms with Gasteiger partial charge in [-0.3, -0.25) is 4.68 Å². The van der Waals surface area contributed by atoms with Crippen LogP contribution in [0.5, 0.6) is 0 Å². The van der Waals surface area contributed by atoms with Crippen molar-refractivity contribution >= 4 is 11.7 Å². The van der Waals surface area contributed by atoms with Gasteiger partial charge in [-0.25, -0.2) is 9.78 Å². The highest BCUT2D eigenvalue weighted by atomic mass is 16.3. The van der Waals surface area contributed by atoms with Crippen molar-refractivity contribution in [3.63, 3.8) is 0 Å². The topological polar surface area (TPSA) is 92.1 Å². The van der Waals surface area contributed by atoms with Gasteiger partial charge in [0.25, 0.3) is 0 Å². The molecule has 128 valence electrons. The van der Waals surface area contributed by atoms with Crippen LogP contribution in [0, 0.1) is 6.92 Å². The lowest BCUT2D eigenvalue weighted by Gasteiger charge is -2.33. The third-order valence-electron chi connectivity index (χ3n) is 4.43. The van der Waals surface area contributed by atoms with Gasteiger partial charge in [0.1, 0.15) is 11.6 Å². The van der Waals surface area contributed by atoms with Crippen molar-refractivity contribution in [2.75, 3.05) is 5.32 Å². The van der Waals surface area contributed by atoms with Crippen LogP contribution in [0.4, 0.5) is 10.5 Å². The van der Waals surface area contributed by atoms with Crippen molar-refractivity contribution in [1.82, 2.24) is 20.1 Å². The molecule has 0 bridgehead atoms. The number of carbonyl (C=O) groups is 1. The van der Waals surface area contributed by atoms with Crippen molar-refractivity contribution in [2.45, 2.75) is 44.2 Å². The molecule has 1 aromatic heterocycles. The molecule has 0 aliphatic heterocycles. The average Bonchev–Trinajstić information content (AvgIpc) is 2.89. The van der Waals surface area contributed by atoms with Crippen molar-refractivity contribution in [2.24, 2.45) is 7.05 Å². The highest BCUT2D eigenvalue weighted by Gasteiger charge is 2.33. The smallest absolute Gasteiger partial charge is 0.319 e. The molecule has 3 N–H and O–H groups in total. The minimum absolute atomic E-state index is 0.182. The van der Waals surface area contributed by atoms with E-state index in [9.17, 15) is 9.90 Å². The Morgan fingerprint density at radius 2 is 2.04 bits per heavy atom. The average molecular weight is 329 g/mol. The number of hydrogen-bond donors (Lipinski definition) is 3. The van der Waals surface area contributed by atoms with Crippen LogP contribution in [-0.2, 0) is 7.05 Å². The Morgan fingerprint density at radius 1 is 1.29 bits per heavy atom. The summed E-state index contributed by atoms with van der Waals surface area (Å²) < 4.78 is 1.79. The molecular weight excluding hydrogens is 306 g/mol. The molecule has 1 fully saturated rings. The second-order valence-electron chi connectivity index (χ2n) is 6.29. The van der Waals surface area contributed by atoms with E-state index in [1.165, 1.54) is 0 Å². The number of benzene rings is 1. The Hall–Kier alpha value is -2.41. The molecule has 0 spiro atoms. The summed E-state index contributed by atoms with van der Waals surface area (Å²) in [5.41, 5.74) is 0.723. The largest absolute Gasteiger partial charge is 0.391 e. The second kappa shape index (κ2) is 7.00. The van der Waals surface area contributed by atoms with Gasteiger partial charge < -0.3 is 15.7 Å². The number of aromatic nitrogens is 3. The number of nitrogens with zero attached hydrogens (tertiary/aromatic N) is 3. The first-order valence-corrected chi connectivity index (χ1v) is 8.21. The molecule has 1 saturated carbocycles. The first-order valence-electron chi connectivity index (χ1n) is 8.21. The molecule has 0 radical (unpaired) electrons. The molecule has 3 atom stereocenters. The number of amides is 2. The Bertz CT molecular complexity index is 700. The van der Waals surface area contributed by atoms with E-state index < -0.39 is 6.10 Å². The molecule has 0 saturated heterocycles. The number of hydrogen-bond acceptors (Lipinski definition) is 4. The van der Waals surface area contributed by atoms with Gasteiger partial charge in [-0.1, -0.05) is 18.2 Å². The molecule has 7 nitrogen and oxygen atoms in total. The quantitative estimate of drug-likeness (QED) is 0.802. The van der Waals surface area contributed by atoms with Crippen LogP contribution in [0.25, 0.3) is 0 Å². The normalized spacial score (nSPS) is 23.7. The van der Waals surface area contributed by atoms with Gasteiger partial charge in [-0.05, 0) is 38.3 Å². The molecule has 1 heterocycles. The lowest BCUT2D eigenvalue weighted by molar-refractivity contribution is 0.0862. The molecule has 7 heteroatoms. The van der Waals surface area contributed by atoms with Crippen molar-refractivity contribution in [1.29, 1.82) is 0 Å². The molecular formula is C17H23N5O2. The Balaban J connectivity index is 1.63. The van der Waals surface area contributed by atoms with Crippen LogP contribution in [0.2, 0.25) is 0 Å². The first-order chi connectivity index (χ1) is 11.5. The van der Waals surface area contributed by atoms with E-state index in [1.54, 1.807) is 4.68 Å². The molecule has 0 unspecified atom stereocenters. The van der Waals surface area contributed by atoms with Crippen molar-refractivity contribution in [3.05, 3.63) is 42.0 Å². The summed E-state index contributed by atoms with van der Waals surface area (Å²) in [6, 6.07) is 8.64. The minimum Gasteiger partial charge on any atom is -0.391 e. The van der Waals surface area contributed by atoms with Crippen LogP contribution < -0.4 is 10.6 Å². The van der Waals surface area contributed by atoms with Gasteiger partial charge in [0.05, 0.1) is 12.1 Å². The number of rotatable bonds is 3. The number of anilines is 1. The Morgan fingerprint density at radius 3 is 2.71 bits per heavy atom. The van der Waals surface area contributed by atoms with Crippen LogP contribution in [-0.4, -0.2) is 38.0 Å². The third-order valence-corrected chi connectivity index (χ3v) is 4.43. The molecule has 1 aliphatic rings. The van der Waals surface area contributed by atoms with Crippen molar-refractivity contribution < 1.29 is 9.90 Å². The summed E-state index contributed by atoms with van der Waals surface area (Å²) in [5.74, 6) is 1.83. The first kappa shape index (κ1) is 16.4. The molecule has 1 aliphatic carbocycles. The number of carbonyl (C=O) groups excluding carboxylic acids is 1. The zero-order chi connectivity index (χ0) is 17.1. The van der Waals surface area contributed by atoms with Gasteiger partial charge in [-0.15, -0.1) is 0 Å². The minimum atomic E-state index is -0.544. The van der Waals surface area contributed by atoms with Gasteiger partial charge in [-0.2, -0.15) is 5.10 Å². The summed E-state index contributed by atoms with van der Waals surface area (Å²) in [6.45, 7) is 1.87. The zero-order valence-corrected chi connectivity index (χ0v) is 13.9. The Kier molecular flexibility index (Phi) is 4.80. The predicted molar refractivity (Wildman–Crippen MR) is 90.7 cm³/mol. The van der Waals surface area contributed by atoms with Crippen LogP contribution in [0.1, 0.15) is 36.8 Å². The maximum atomic E-state index is 12.2. The van der Waals surface area contributed by atoms with Gasteiger partial charge in [0, 0.05) is 18.7 Å². The third kappa shape index (κ3) is 3.73. The maximum absolute atomic E-state index is 12.2. The standard InChI is InChI=1S/C17H23N5O2/c1-11-18-16(22(2)21-11)12-8-9-15(23)14(10-12)20-17(24)19-13-6-4-3-5-7-13/h3-7,12,14-15,23H,8-10H2,1-2H3,(H2,19,20,24)/t12-,14+,15+/m0/s1. The summed E-state index contributed by atoms with van der Waals surface area (Å²) >= 11 is 0. The number of para-hydroxylation sites is 1. The highest BCUT2D eigenvalue weighted by Crippen LogP contribution is 2.32. The lowest BCUT2D eigenvalue weighted by atomic mass is 9.83. The number of nitrogens with one attached hydrogen (secondary N) is 2. The van der Waals surface area contributed by atoms with Crippen LogP contribution in [0.15, 0.2) is 30.3 Å². The fraction of sp³-hybridized carbons (Fsp3) is 0.471. The van der Waals surface area contributed by atoms with E-state index in [1.807, 2.05) is 44.3 Å². The van der Waals surface area contributed by atoms with Crippen LogP contribution in [0.3, 0.4) is 0 Å². The molecule has 2 amide bonds. The van der Waals surface area contributed by atoms with E-state index in [2.05, 4.69) is 20.7 Å². The summed E-state index contributed by atoms with van der Waals surface area (Å²) in [7, 11) is 1.88. The fourth-order valence-corrected chi connectivity index (χ4v) is 3.29. The van der Waals surface area contributed by atoms with Gasteiger partial charge in [0.2, 0.25) is 0 Å². The fourth-order valence-electron chi connectivity index (χ4n) is 3.29. The van der Waals surface area contributed by atoms with E-state index in [-0.39, 0.29) is 18.0 Å². The van der Waals surface area contributed by atoms with Gasteiger partial charge in [0.15, 0.2) is 0 Å². The summed E-state index contributed by atoms with van der Waals surface area (Å²) in [4.78, 5) is 16.7. The molecule has 2 aromatic rings. The van der Waals surface area contributed by atoms with E-state index in [0.29, 0.717) is 12.8 Å². The summed E-state index contributed by atoms with van der Waals surface area (Å²) in [6.07, 6.45) is 1.57. The number of aliphatic hydroxyl groups is 1. The number of urea groups is 1. The maximum Gasteiger partial charge on any atom is 0.319 e. The number of aliphatic hydroxyl groups excluding tert-OH is 1. The highest BCUT2D eigenvalue weighted by molar-refractivity contribution is 5.89. The number of aryl methyl sites for hydroxylation is 2. The zero-order valence-electron chi connectivity index (χ0n) is 13.9. The molecule has 3 rings (SSSR count). The van der Waals surface area contributed by atoms with E-state index in [4.69, 9.17) is 0 Å². The molecule has 1 aromatic carbocycles. The summed E-state index contributed by atoms with van der Waals surface area (Å²) in [5, 5.41) is 20.2. The SMILES string of the molecule is Cc1nc([C@H]2CC[C@@H](O)[C@H](NC(=O)Nc3ccccc3)C2)n(C)n1.